The number of hydrogen-bond donors (Lipinski definition) is 2. The van der Waals surface area contributed by atoms with Crippen LogP contribution in [0.15, 0.2) is 16.3 Å². The SMILES string of the molecule is CNCc1sccc1S(=O)(=O)NCC1(C)CCCCC1. The van der Waals surface area contributed by atoms with Crippen molar-refractivity contribution in [2.45, 2.75) is 50.5 Å². The number of rotatable bonds is 6. The summed E-state index contributed by atoms with van der Waals surface area (Å²) < 4.78 is 27.7. The molecule has 1 aromatic rings. The van der Waals surface area contributed by atoms with Crippen molar-refractivity contribution in [1.29, 1.82) is 0 Å². The van der Waals surface area contributed by atoms with Crippen LogP contribution in [0.25, 0.3) is 0 Å². The monoisotopic (exact) mass is 316 g/mol. The van der Waals surface area contributed by atoms with E-state index in [0.717, 1.165) is 17.7 Å². The topological polar surface area (TPSA) is 58.2 Å². The zero-order valence-corrected chi connectivity index (χ0v) is 13.9. The van der Waals surface area contributed by atoms with E-state index in [0.29, 0.717) is 18.0 Å². The van der Waals surface area contributed by atoms with Gasteiger partial charge in [-0.3, -0.25) is 0 Å². The first-order valence-corrected chi connectivity index (χ1v) is 9.54. The van der Waals surface area contributed by atoms with Crippen LogP contribution in [-0.4, -0.2) is 22.0 Å². The predicted octanol–water partition coefficient (Wildman–Crippen LogP) is 2.72. The van der Waals surface area contributed by atoms with Crippen LogP contribution in [0.3, 0.4) is 0 Å². The summed E-state index contributed by atoms with van der Waals surface area (Å²) in [6.45, 7) is 3.33. The van der Waals surface area contributed by atoms with Crippen molar-refractivity contribution in [1.82, 2.24) is 10.0 Å². The van der Waals surface area contributed by atoms with Crippen LogP contribution in [0.5, 0.6) is 0 Å². The lowest BCUT2D eigenvalue weighted by Crippen LogP contribution is -2.37. The number of sulfonamides is 1. The van der Waals surface area contributed by atoms with E-state index in [1.807, 2.05) is 12.4 Å². The first-order chi connectivity index (χ1) is 9.47. The van der Waals surface area contributed by atoms with Crippen LogP contribution in [-0.2, 0) is 16.6 Å². The van der Waals surface area contributed by atoms with Gasteiger partial charge in [-0.2, -0.15) is 0 Å². The molecule has 0 atom stereocenters. The number of nitrogens with one attached hydrogen (secondary N) is 2. The lowest BCUT2D eigenvalue weighted by molar-refractivity contribution is 0.219. The van der Waals surface area contributed by atoms with Gasteiger partial charge in [0.1, 0.15) is 0 Å². The summed E-state index contributed by atoms with van der Waals surface area (Å²) in [5.41, 5.74) is 0.116. The van der Waals surface area contributed by atoms with Gasteiger partial charge >= 0.3 is 0 Å². The molecule has 1 aromatic heterocycles. The average molecular weight is 316 g/mol. The smallest absolute Gasteiger partial charge is 0.241 e. The molecule has 1 saturated carbocycles. The minimum Gasteiger partial charge on any atom is -0.315 e. The predicted molar refractivity (Wildman–Crippen MR) is 83.5 cm³/mol. The molecule has 2 rings (SSSR count). The van der Waals surface area contributed by atoms with Crippen LogP contribution in [0.4, 0.5) is 0 Å². The first kappa shape index (κ1) is 15.9. The average Bonchev–Trinajstić information content (AvgIpc) is 2.87. The van der Waals surface area contributed by atoms with Crippen LogP contribution in [0.2, 0.25) is 0 Å². The van der Waals surface area contributed by atoms with Crippen LogP contribution in [0.1, 0.15) is 43.9 Å². The quantitative estimate of drug-likeness (QED) is 0.848. The normalized spacial score (nSPS) is 19.1. The summed E-state index contributed by atoms with van der Waals surface area (Å²) in [7, 11) is -1.56. The first-order valence-electron chi connectivity index (χ1n) is 7.17. The van der Waals surface area contributed by atoms with Gasteiger partial charge in [-0.25, -0.2) is 13.1 Å². The van der Waals surface area contributed by atoms with E-state index in [1.54, 1.807) is 6.07 Å². The highest BCUT2D eigenvalue weighted by molar-refractivity contribution is 7.89. The van der Waals surface area contributed by atoms with Crippen molar-refractivity contribution < 1.29 is 8.42 Å². The maximum Gasteiger partial charge on any atom is 0.241 e. The molecule has 0 spiro atoms. The maximum atomic E-state index is 12.4. The van der Waals surface area contributed by atoms with Crippen LogP contribution in [0, 0.1) is 5.41 Å². The van der Waals surface area contributed by atoms with E-state index in [2.05, 4.69) is 17.0 Å². The third kappa shape index (κ3) is 3.81. The van der Waals surface area contributed by atoms with Gasteiger partial charge < -0.3 is 5.32 Å². The molecular weight excluding hydrogens is 292 g/mol. The van der Waals surface area contributed by atoms with E-state index in [-0.39, 0.29) is 5.41 Å². The van der Waals surface area contributed by atoms with Crippen LogP contribution < -0.4 is 10.0 Å². The van der Waals surface area contributed by atoms with E-state index < -0.39 is 10.0 Å². The molecule has 0 radical (unpaired) electrons. The summed E-state index contributed by atoms with van der Waals surface area (Å²) in [6.07, 6.45) is 5.92. The molecule has 1 heterocycles. The fourth-order valence-corrected chi connectivity index (χ4v) is 5.44. The Morgan fingerprint density at radius 1 is 1.30 bits per heavy atom. The number of hydrogen-bond acceptors (Lipinski definition) is 4. The molecule has 1 fully saturated rings. The maximum absolute atomic E-state index is 12.4. The molecule has 4 nitrogen and oxygen atoms in total. The zero-order valence-electron chi connectivity index (χ0n) is 12.2. The molecule has 0 amide bonds. The van der Waals surface area contributed by atoms with Crippen molar-refractivity contribution in [2.75, 3.05) is 13.6 Å². The van der Waals surface area contributed by atoms with Crippen molar-refractivity contribution in [3.8, 4) is 0 Å². The molecule has 2 N–H and O–H groups in total. The Morgan fingerprint density at radius 2 is 2.00 bits per heavy atom. The van der Waals surface area contributed by atoms with Gasteiger partial charge in [0.05, 0.1) is 4.90 Å². The van der Waals surface area contributed by atoms with Crippen LogP contribution >= 0.6 is 11.3 Å². The van der Waals surface area contributed by atoms with Gasteiger partial charge in [-0.05, 0) is 36.8 Å². The lowest BCUT2D eigenvalue weighted by atomic mass is 9.76. The summed E-state index contributed by atoms with van der Waals surface area (Å²) in [5, 5.41) is 4.85. The highest BCUT2D eigenvalue weighted by Crippen LogP contribution is 2.35. The fraction of sp³-hybridized carbons (Fsp3) is 0.714. The molecule has 1 aliphatic carbocycles. The van der Waals surface area contributed by atoms with Gasteiger partial charge in [0.25, 0.3) is 0 Å². The Morgan fingerprint density at radius 3 is 2.65 bits per heavy atom. The van der Waals surface area contributed by atoms with E-state index in [4.69, 9.17) is 0 Å². The Labute approximate surface area is 126 Å². The van der Waals surface area contributed by atoms with Gasteiger partial charge in [0.2, 0.25) is 10.0 Å². The minimum absolute atomic E-state index is 0.116. The Bertz CT molecular complexity index is 531. The molecular formula is C14H24N2O2S2. The Hall–Kier alpha value is -0.430. The summed E-state index contributed by atoms with van der Waals surface area (Å²) in [5.74, 6) is 0. The molecule has 1 aliphatic rings. The minimum atomic E-state index is -3.39. The molecule has 0 bridgehead atoms. The van der Waals surface area contributed by atoms with Crippen molar-refractivity contribution >= 4 is 21.4 Å². The second-order valence-electron chi connectivity index (χ2n) is 5.93. The lowest BCUT2D eigenvalue weighted by Gasteiger charge is -2.33. The highest BCUT2D eigenvalue weighted by atomic mass is 32.2. The third-order valence-corrected chi connectivity index (χ3v) is 6.62. The second kappa shape index (κ2) is 6.56. The fourth-order valence-electron chi connectivity index (χ4n) is 2.79. The molecule has 0 aliphatic heterocycles. The van der Waals surface area contributed by atoms with Gasteiger partial charge in [-0.15, -0.1) is 11.3 Å². The Balaban J connectivity index is 2.05. The van der Waals surface area contributed by atoms with E-state index >= 15 is 0 Å². The Kier molecular flexibility index (Phi) is 5.23. The van der Waals surface area contributed by atoms with Crippen molar-refractivity contribution in [3.05, 3.63) is 16.3 Å². The standard InChI is InChI=1S/C14H24N2O2S2/c1-14(7-4-3-5-8-14)11-16-20(17,18)13-6-9-19-12(13)10-15-2/h6,9,15-16H,3-5,7-8,10-11H2,1-2H3. The largest absolute Gasteiger partial charge is 0.315 e. The molecule has 0 unspecified atom stereocenters. The van der Waals surface area contributed by atoms with Crippen molar-refractivity contribution in [2.24, 2.45) is 5.41 Å². The van der Waals surface area contributed by atoms with E-state index in [9.17, 15) is 8.42 Å². The van der Waals surface area contributed by atoms with Gasteiger partial charge in [0.15, 0.2) is 0 Å². The van der Waals surface area contributed by atoms with Gasteiger partial charge in [0, 0.05) is 18.0 Å². The third-order valence-electron chi connectivity index (χ3n) is 4.08. The van der Waals surface area contributed by atoms with Crippen molar-refractivity contribution in [3.63, 3.8) is 0 Å². The molecule has 6 heteroatoms. The summed E-state index contributed by atoms with van der Waals surface area (Å²) >= 11 is 1.48. The number of thiophene rings is 1. The molecule has 20 heavy (non-hydrogen) atoms. The summed E-state index contributed by atoms with van der Waals surface area (Å²) in [6, 6.07) is 1.70. The molecule has 0 saturated heterocycles. The molecule has 0 aromatic carbocycles. The highest BCUT2D eigenvalue weighted by Gasteiger charge is 2.29. The zero-order chi connectivity index (χ0) is 14.6. The van der Waals surface area contributed by atoms with E-state index in [1.165, 1.54) is 30.6 Å². The van der Waals surface area contributed by atoms with Gasteiger partial charge in [-0.1, -0.05) is 26.2 Å². The second-order valence-corrected chi connectivity index (χ2v) is 8.67. The summed E-state index contributed by atoms with van der Waals surface area (Å²) in [4.78, 5) is 1.30. The molecule has 114 valence electrons.